The molecule has 1 amide bonds. The van der Waals surface area contributed by atoms with E-state index in [0.717, 1.165) is 18.3 Å². The van der Waals surface area contributed by atoms with Crippen molar-refractivity contribution in [1.82, 2.24) is 21.1 Å². The molecule has 9 heteroatoms. The summed E-state index contributed by atoms with van der Waals surface area (Å²) in [5, 5.41) is 3.27. The van der Waals surface area contributed by atoms with E-state index < -0.39 is 11.9 Å². The van der Waals surface area contributed by atoms with Crippen molar-refractivity contribution in [3.8, 4) is 0 Å². The van der Waals surface area contributed by atoms with Gasteiger partial charge in [0.2, 0.25) is 6.41 Å². The van der Waals surface area contributed by atoms with Crippen LogP contribution in [0, 0.1) is 0 Å². The van der Waals surface area contributed by atoms with Crippen molar-refractivity contribution in [3.63, 3.8) is 0 Å². The van der Waals surface area contributed by atoms with Crippen molar-refractivity contribution in [1.29, 1.82) is 0 Å². The van der Waals surface area contributed by atoms with Gasteiger partial charge < -0.3 is 20.3 Å². The first kappa shape index (κ1) is 30.8. The maximum Gasteiger partial charge on any atom is 0.336 e. The number of ether oxygens (including phenoxy) is 1. The molecule has 0 aromatic heterocycles. The zero-order valence-corrected chi connectivity index (χ0v) is 22.4. The van der Waals surface area contributed by atoms with E-state index >= 15 is 0 Å². The van der Waals surface area contributed by atoms with Crippen molar-refractivity contribution in [3.05, 3.63) is 95.1 Å². The zero-order chi connectivity index (χ0) is 27.8. The Morgan fingerprint density at radius 1 is 1.22 bits per heavy atom. The number of dihydropyridines is 1. The third-order valence-corrected chi connectivity index (χ3v) is 5.14. The van der Waals surface area contributed by atoms with Crippen LogP contribution < -0.4 is 16.2 Å². The molecule has 2 rings (SSSR count). The number of nitrogens with one attached hydrogen (secondary N) is 3. The number of carbonyl (C=O) groups excluding carboxylic acids is 3. The second-order valence-corrected chi connectivity index (χ2v) is 7.48. The molecule has 0 radical (unpaired) electrons. The van der Waals surface area contributed by atoms with Crippen molar-refractivity contribution >= 4 is 24.5 Å². The van der Waals surface area contributed by atoms with E-state index in [9.17, 15) is 9.59 Å². The number of amidine groups is 1. The first-order valence-electron chi connectivity index (χ1n) is 11.8. The highest BCUT2D eigenvalue weighted by atomic mass is 16.5. The lowest BCUT2D eigenvalue weighted by Crippen LogP contribution is -2.44. The summed E-state index contributed by atoms with van der Waals surface area (Å²) in [5.74, 6) is -0.0813. The van der Waals surface area contributed by atoms with Crippen LogP contribution in [0.2, 0.25) is 0 Å². The van der Waals surface area contributed by atoms with Crippen LogP contribution in [-0.2, 0) is 19.1 Å². The van der Waals surface area contributed by atoms with Crippen molar-refractivity contribution < 1.29 is 19.1 Å². The number of aldehydes is 1. The smallest absolute Gasteiger partial charge is 0.336 e. The molecule has 0 saturated heterocycles. The fraction of sp³-hybridized carbons (Fsp3) is 0.286. The maximum absolute atomic E-state index is 13.2. The number of benzene rings is 1. The standard InChI is InChI=1S/C26H33N5O3.C2H4O/c1-7-13-20(14-8-2)31(17-32)25-23(24(27-5)30-28-6)22(19-15-11-10-12-16-19)21(18(4)29-25)26(33)34-9-3;1-2-3/h7-8,10-17,22,28-29H,1,9H2,2-6H3,(H,27,30);2H,1H3/b14-8-,20-13+;. The van der Waals surface area contributed by atoms with E-state index in [2.05, 4.69) is 27.7 Å². The quantitative estimate of drug-likeness (QED) is 0.111. The zero-order valence-electron chi connectivity index (χ0n) is 22.4. The number of allylic oxidation sites excluding steroid dienone is 5. The molecule has 1 aliphatic rings. The average Bonchev–Trinajstić information content (AvgIpc) is 2.89. The third kappa shape index (κ3) is 7.88. The molecule has 1 heterocycles. The Morgan fingerprint density at radius 2 is 1.86 bits per heavy atom. The molecule has 0 aliphatic carbocycles. The van der Waals surface area contributed by atoms with Crippen molar-refractivity contribution in [2.75, 3.05) is 20.7 Å². The average molecular weight is 508 g/mol. The molecule has 0 saturated carbocycles. The molecular weight excluding hydrogens is 470 g/mol. The number of rotatable bonds is 10. The summed E-state index contributed by atoms with van der Waals surface area (Å²) >= 11 is 0. The highest BCUT2D eigenvalue weighted by molar-refractivity contribution is 6.05. The molecule has 0 fully saturated rings. The number of hydrogen-bond acceptors (Lipinski definition) is 7. The summed E-state index contributed by atoms with van der Waals surface area (Å²) in [6, 6.07) is 9.59. The lowest BCUT2D eigenvalue weighted by Gasteiger charge is -2.36. The normalized spacial score (nSPS) is 15.9. The summed E-state index contributed by atoms with van der Waals surface area (Å²) in [4.78, 5) is 40.3. The summed E-state index contributed by atoms with van der Waals surface area (Å²) in [6.45, 7) is 10.9. The molecular formula is C28H37N5O4. The number of hydrazine groups is 1. The highest BCUT2D eigenvalue weighted by Crippen LogP contribution is 2.40. The number of hydrogen-bond donors (Lipinski definition) is 3. The lowest BCUT2D eigenvalue weighted by atomic mass is 9.80. The number of nitrogens with zero attached hydrogens (tertiary/aromatic N) is 2. The fourth-order valence-corrected chi connectivity index (χ4v) is 3.82. The molecule has 1 atom stereocenters. The second-order valence-electron chi connectivity index (χ2n) is 7.48. The van der Waals surface area contributed by atoms with Gasteiger partial charge in [-0.3, -0.25) is 14.7 Å². The predicted octanol–water partition coefficient (Wildman–Crippen LogP) is 3.48. The second kappa shape index (κ2) is 16.4. The monoisotopic (exact) mass is 507 g/mol. The Bertz CT molecular complexity index is 1100. The molecule has 0 spiro atoms. The summed E-state index contributed by atoms with van der Waals surface area (Å²) in [5.41, 5.74) is 9.01. The Kier molecular flexibility index (Phi) is 13.7. The maximum atomic E-state index is 13.2. The summed E-state index contributed by atoms with van der Waals surface area (Å²) in [6.07, 6.45) is 8.43. The van der Waals surface area contributed by atoms with Crippen LogP contribution in [0.5, 0.6) is 0 Å². The Hall–Kier alpha value is -4.24. The van der Waals surface area contributed by atoms with Gasteiger partial charge in [0.05, 0.1) is 18.1 Å². The molecule has 1 unspecified atom stereocenters. The highest BCUT2D eigenvalue weighted by Gasteiger charge is 2.39. The van der Waals surface area contributed by atoms with Gasteiger partial charge in [-0.2, -0.15) is 0 Å². The van der Waals surface area contributed by atoms with Crippen molar-refractivity contribution in [2.24, 2.45) is 4.99 Å². The van der Waals surface area contributed by atoms with Crippen LogP contribution in [0.25, 0.3) is 0 Å². The van der Waals surface area contributed by atoms with E-state index in [0.29, 0.717) is 34.2 Å². The summed E-state index contributed by atoms with van der Waals surface area (Å²) in [7, 11) is 3.35. The molecule has 1 aliphatic heterocycles. The lowest BCUT2D eigenvalue weighted by molar-refractivity contribution is -0.138. The Labute approximate surface area is 219 Å². The van der Waals surface area contributed by atoms with Gasteiger partial charge in [-0.15, -0.1) is 0 Å². The van der Waals surface area contributed by atoms with Gasteiger partial charge in [0.15, 0.2) is 0 Å². The van der Waals surface area contributed by atoms with Gasteiger partial charge in [0, 0.05) is 31.1 Å². The molecule has 1 aromatic rings. The van der Waals surface area contributed by atoms with E-state index in [1.54, 1.807) is 46.2 Å². The first-order valence-corrected chi connectivity index (χ1v) is 11.8. The minimum Gasteiger partial charge on any atom is -0.463 e. The van der Waals surface area contributed by atoms with Crippen LogP contribution in [0.3, 0.4) is 0 Å². The molecule has 198 valence electrons. The molecule has 3 N–H and O–H groups in total. The third-order valence-electron chi connectivity index (χ3n) is 5.14. The number of amides is 1. The number of carbonyl (C=O) groups is 3. The van der Waals surface area contributed by atoms with Crippen molar-refractivity contribution in [2.45, 2.75) is 33.6 Å². The van der Waals surface area contributed by atoms with Gasteiger partial charge in [-0.05, 0) is 45.4 Å². The topological polar surface area (TPSA) is 112 Å². The van der Waals surface area contributed by atoms with E-state index in [1.165, 1.54) is 11.8 Å². The van der Waals surface area contributed by atoms with Crippen LogP contribution in [-0.4, -0.2) is 50.1 Å². The number of aliphatic imine (C=N–C) groups is 1. The van der Waals surface area contributed by atoms with Crippen LogP contribution in [0.15, 0.2) is 94.6 Å². The Balaban J connectivity index is 0.00000217. The first-order chi connectivity index (χ1) is 17.9. The minimum absolute atomic E-state index is 0.237. The van der Waals surface area contributed by atoms with Crippen LogP contribution >= 0.6 is 0 Å². The van der Waals surface area contributed by atoms with Crippen LogP contribution in [0.1, 0.15) is 39.2 Å². The van der Waals surface area contributed by atoms with Gasteiger partial charge >= 0.3 is 5.97 Å². The van der Waals surface area contributed by atoms with Gasteiger partial charge in [0.25, 0.3) is 0 Å². The van der Waals surface area contributed by atoms with E-state index in [4.69, 9.17) is 9.53 Å². The minimum atomic E-state index is -0.561. The van der Waals surface area contributed by atoms with Gasteiger partial charge in [0.1, 0.15) is 17.9 Å². The van der Waals surface area contributed by atoms with E-state index in [-0.39, 0.29) is 6.61 Å². The van der Waals surface area contributed by atoms with Gasteiger partial charge in [-0.1, -0.05) is 49.1 Å². The van der Waals surface area contributed by atoms with Gasteiger partial charge in [-0.25, -0.2) is 10.2 Å². The fourth-order valence-electron chi connectivity index (χ4n) is 3.82. The molecule has 37 heavy (non-hydrogen) atoms. The molecule has 9 nitrogen and oxygen atoms in total. The Morgan fingerprint density at radius 3 is 2.35 bits per heavy atom. The summed E-state index contributed by atoms with van der Waals surface area (Å²) < 4.78 is 5.42. The van der Waals surface area contributed by atoms with E-state index in [1.807, 2.05) is 43.3 Å². The largest absolute Gasteiger partial charge is 0.463 e. The number of esters is 1. The predicted molar refractivity (Wildman–Crippen MR) is 147 cm³/mol. The molecule has 0 bridgehead atoms. The SMILES string of the molecule is C=C/C=C(\C=C/C)N(C=O)C1=C(C(=NC)NNC)C(c2ccccc2)C(C(=O)OCC)=C(C)N1.CC=O. The molecule has 1 aromatic carbocycles. The van der Waals surface area contributed by atoms with Crippen LogP contribution in [0.4, 0.5) is 0 Å².